The second-order valence-corrected chi connectivity index (χ2v) is 7.96. The number of halogens is 1. The molecule has 0 unspecified atom stereocenters. The van der Waals surface area contributed by atoms with Crippen LogP contribution in [0.25, 0.3) is 0 Å². The summed E-state index contributed by atoms with van der Waals surface area (Å²) in [7, 11) is 1.57. The van der Waals surface area contributed by atoms with Gasteiger partial charge in [0.2, 0.25) is 5.95 Å². The fraction of sp³-hybridized carbons (Fsp3) is 0.476. The summed E-state index contributed by atoms with van der Waals surface area (Å²) in [4.78, 5) is 23.7. The van der Waals surface area contributed by atoms with E-state index in [-0.39, 0.29) is 24.6 Å². The van der Waals surface area contributed by atoms with Crippen LogP contribution in [0.2, 0.25) is 5.02 Å². The Morgan fingerprint density at radius 2 is 2.23 bits per heavy atom. The molecule has 1 aromatic heterocycles. The molecule has 1 amide bonds. The van der Waals surface area contributed by atoms with Crippen LogP contribution < -0.4 is 20.3 Å². The Labute approximate surface area is 181 Å². The monoisotopic (exact) mass is 433 g/mol. The van der Waals surface area contributed by atoms with E-state index in [0.29, 0.717) is 34.6 Å². The van der Waals surface area contributed by atoms with Crippen molar-refractivity contribution in [3.8, 4) is 5.75 Å². The lowest BCUT2D eigenvalue weighted by atomic mass is 10.2. The number of hydrogen-bond acceptors (Lipinski definition) is 7. The van der Waals surface area contributed by atoms with Crippen LogP contribution >= 0.6 is 11.6 Å². The number of anilines is 2. The van der Waals surface area contributed by atoms with Gasteiger partial charge in [-0.3, -0.25) is 4.79 Å². The van der Waals surface area contributed by atoms with Gasteiger partial charge in [-0.25, -0.2) is 4.98 Å². The summed E-state index contributed by atoms with van der Waals surface area (Å²) >= 11 is 6.22. The summed E-state index contributed by atoms with van der Waals surface area (Å²) in [5.74, 6) is 1.30. The largest absolute Gasteiger partial charge is 0.495 e. The second-order valence-electron chi connectivity index (χ2n) is 7.55. The SMILES string of the molecule is COc1ccc(CNc2nc(N3CCC[C@H]3CO)ncc2C(=O)NC(C)C)cc1Cl. The van der Waals surface area contributed by atoms with E-state index in [1.165, 1.54) is 6.20 Å². The highest BCUT2D eigenvalue weighted by molar-refractivity contribution is 6.32. The maximum atomic E-state index is 12.7. The van der Waals surface area contributed by atoms with Gasteiger partial charge in [0.05, 0.1) is 24.8 Å². The third kappa shape index (κ3) is 5.12. The standard InChI is InChI=1S/C21H28ClN5O3/c1-13(2)25-20(29)16-11-24-21(27-8-4-5-15(27)12-28)26-19(16)23-10-14-6-7-18(30-3)17(22)9-14/h6-7,9,11,13,15,28H,4-5,8,10,12H2,1-3H3,(H,25,29)(H,23,24,26)/t15-/m0/s1. The average Bonchev–Trinajstić information content (AvgIpc) is 3.20. The minimum absolute atomic E-state index is 0.00594. The van der Waals surface area contributed by atoms with Crippen molar-refractivity contribution < 1.29 is 14.6 Å². The molecule has 30 heavy (non-hydrogen) atoms. The first-order valence-electron chi connectivity index (χ1n) is 10.0. The summed E-state index contributed by atoms with van der Waals surface area (Å²) in [5.41, 5.74) is 1.29. The maximum absolute atomic E-state index is 12.7. The van der Waals surface area contributed by atoms with Crippen molar-refractivity contribution in [2.75, 3.05) is 30.5 Å². The van der Waals surface area contributed by atoms with Crippen molar-refractivity contribution in [3.05, 3.63) is 40.5 Å². The highest BCUT2D eigenvalue weighted by Gasteiger charge is 2.27. The van der Waals surface area contributed by atoms with Crippen LogP contribution in [0.4, 0.5) is 11.8 Å². The van der Waals surface area contributed by atoms with Gasteiger partial charge in [0, 0.05) is 25.3 Å². The van der Waals surface area contributed by atoms with Crippen molar-refractivity contribution in [3.63, 3.8) is 0 Å². The molecule has 0 bridgehead atoms. The van der Waals surface area contributed by atoms with Crippen molar-refractivity contribution in [2.24, 2.45) is 0 Å². The number of rotatable bonds is 8. The van der Waals surface area contributed by atoms with Gasteiger partial charge in [0.15, 0.2) is 0 Å². The summed E-state index contributed by atoms with van der Waals surface area (Å²) in [5, 5.41) is 16.3. The predicted octanol–water partition coefficient (Wildman–Crippen LogP) is 2.85. The molecule has 0 spiro atoms. The molecule has 3 rings (SSSR count). The van der Waals surface area contributed by atoms with E-state index in [4.69, 9.17) is 16.3 Å². The fourth-order valence-electron chi connectivity index (χ4n) is 3.45. The Balaban J connectivity index is 1.87. The molecular weight excluding hydrogens is 406 g/mol. The lowest BCUT2D eigenvalue weighted by Crippen LogP contribution is -2.34. The van der Waals surface area contributed by atoms with Crippen molar-refractivity contribution in [2.45, 2.75) is 45.3 Å². The summed E-state index contributed by atoms with van der Waals surface area (Å²) < 4.78 is 5.19. The van der Waals surface area contributed by atoms with Crippen molar-refractivity contribution >= 4 is 29.3 Å². The van der Waals surface area contributed by atoms with E-state index in [1.54, 1.807) is 13.2 Å². The lowest BCUT2D eigenvalue weighted by molar-refractivity contribution is 0.0943. The summed E-state index contributed by atoms with van der Waals surface area (Å²) in [6.45, 7) is 5.04. The number of carbonyl (C=O) groups is 1. The molecule has 1 saturated heterocycles. The lowest BCUT2D eigenvalue weighted by Gasteiger charge is -2.24. The molecule has 1 aliphatic heterocycles. The van der Waals surface area contributed by atoms with Crippen molar-refractivity contribution in [1.82, 2.24) is 15.3 Å². The summed E-state index contributed by atoms with van der Waals surface area (Å²) in [6, 6.07) is 5.49. The molecule has 2 heterocycles. The summed E-state index contributed by atoms with van der Waals surface area (Å²) in [6.07, 6.45) is 3.40. The number of nitrogens with zero attached hydrogens (tertiary/aromatic N) is 3. The van der Waals surface area contributed by atoms with Crippen LogP contribution in [0.15, 0.2) is 24.4 Å². The molecule has 3 N–H and O–H groups in total. The molecule has 2 aromatic rings. The van der Waals surface area contributed by atoms with Gasteiger partial charge in [-0.15, -0.1) is 0 Å². The van der Waals surface area contributed by atoms with Crippen LogP contribution in [0.3, 0.4) is 0 Å². The molecule has 0 aliphatic carbocycles. The van der Waals surface area contributed by atoms with Crippen LogP contribution in [0, 0.1) is 0 Å². The van der Waals surface area contributed by atoms with Gasteiger partial charge in [-0.05, 0) is 44.4 Å². The molecule has 0 saturated carbocycles. The number of aliphatic hydroxyl groups excluding tert-OH is 1. The number of ether oxygens (including phenoxy) is 1. The molecule has 162 valence electrons. The zero-order valence-electron chi connectivity index (χ0n) is 17.5. The molecular formula is C21H28ClN5O3. The van der Waals surface area contributed by atoms with E-state index >= 15 is 0 Å². The van der Waals surface area contributed by atoms with E-state index in [2.05, 4.69) is 20.6 Å². The maximum Gasteiger partial charge on any atom is 0.256 e. The molecule has 1 aromatic carbocycles. The first-order valence-corrected chi connectivity index (χ1v) is 10.4. The second kappa shape index (κ2) is 9.95. The van der Waals surface area contributed by atoms with Crippen LogP contribution in [0.5, 0.6) is 5.75 Å². The third-order valence-electron chi connectivity index (χ3n) is 4.96. The predicted molar refractivity (Wildman–Crippen MR) is 117 cm³/mol. The number of aromatic nitrogens is 2. The van der Waals surface area contributed by atoms with Crippen molar-refractivity contribution in [1.29, 1.82) is 0 Å². The minimum atomic E-state index is -0.244. The Hall–Kier alpha value is -2.58. The number of carbonyl (C=O) groups excluding carboxylic acids is 1. The zero-order valence-corrected chi connectivity index (χ0v) is 18.2. The van der Waals surface area contributed by atoms with Crippen LogP contribution in [-0.4, -0.2) is 53.3 Å². The number of amides is 1. The van der Waals surface area contributed by atoms with Gasteiger partial charge < -0.3 is 25.4 Å². The molecule has 1 aliphatic rings. The quantitative estimate of drug-likeness (QED) is 0.588. The Bertz CT molecular complexity index is 893. The highest BCUT2D eigenvalue weighted by Crippen LogP contribution is 2.27. The minimum Gasteiger partial charge on any atom is -0.495 e. The fourth-order valence-corrected chi connectivity index (χ4v) is 3.73. The number of benzene rings is 1. The van der Waals surface area contributed by atoms with Crippen LogP contribution in [-0.2, 0) is 6.54 Å². The zero-order chi connectivity index (χ0) is 21.7. The van der Waals surface area contributed by atoms with E-state index in [9.17, 15) is 9.90 Å². The van der Waals surface area contributed by atoms with Crippen LogP contribution in [0.1, 0.15) is 42.6 Å². The molecule has 1 fully saturated rings. The van der Waals surface area contributed by atoms with Gasteiger partial charge in [-0.1, -0.05) is 17.7 Å². The number of methoxy groups -OCH3 is 1. The first-order chi connectivity index (χ1) is 14.4. The number of nitrogens with one attached hydrogen (secondary N) is 2. The highest BCUT2D eigenvalue weighted by atomic mass is 35.5. The topological polar surface area (TPSA) is 99.6 Å². The number of hydrogen-bond donors (Lipinski definition) is 3. The number of aliphatic hydroxyl groups is 1. The Morgan fingerprint density at radius 3 is 2.90 bits per heavy atom. The molecule has 1 atom stereocenters. The molecule has 0 radical (unpaired) electrons. The van der Waals surface area contributed by atoms with Gasteiger partial charge in [0.25, 0.3) is 5.91 Å². The third-order valence-corrected chi connectivity index (χ3v) is 5.26. The average molecular weight is 434 g/mol. The normalized spacial score (nSPS) is 16.1. The van der Waals surface area contributed by atoms with E-state index in [0.717, 1.165) is 24.9 Å². The van der Waals surface area contributed by atoms with Gasteiger partial charge >= 0.3 is 0 Å². The Kier molecular flexibility index (Phi) is 7.33. The molecule has 9 heteroatoms. The van der Waals surface area contributed by atoms with Gasteiger partial charge in [0.1, 0.15) is 17.1 Å². The van der Waals surface area contributed by atoms with E-state index in [1.807, 2.05) is 30.9 Å². The van der Waals surface area contributed by atoms with E-state index < -0.39 is 0 Å². The smallest absolute Gasteiger partial charge is 0.256 e. The first kappa shape index (κ1) is 22.1. The Morgan fingerprint density at radius 1 is 1.43 bits per heavy atom. The van der Waals surface area contributed by atoms with Gasteiger partial charge in [-0.2, -0.15) is 4.98 Å². The molecule has 8 nitrogen and oxygen atoms in total.